The van der Waals surface area contributed by atoms with Crippen LogP contribution >= 0.6 is 15.9 Å². The van der Waals surface area contributed by atoms with Gasteiger partial charge in [-0.05, 0) is 18.2 Å². The number of nitriles is 1. The summed E-state index contributed by atoms with van der Waals surface area (Å²) in [5, 5.41) is 13.4. The van der Waals surface area contributed by atoms with Crippen LogP contribution in [0.25, 0.3) is 5.69 Å². The molecule has 2 rings (SSSR count). The van der Waals surface area contributed by atoms with E-state index in [1.165, 1.54) is 15.8 Å². The fraction of sp³-hybridized carbons (Fsp3) is 0.154. The van der Waals surface area contributed by atoms with Gasteiger partial charge in [-0.25, -0.2) is 4.68 Å². The lowest BCUT2D eigenvalue weighted by Crippen LogP contribution is -2.22. The predicted octanol–water partition coefficient (Wildman–Crippen LogP) is 2.21. The summed E-state index contributed by atoms with van der Waals surface area (Å²) in [6.45, 7) is 0. The predicted molar refractivity (Wildman–Crippen MR) is 74.0 cm³/mol. The molecule has 6 heteroatoms. The van der Waals surface area contributed by atoms with Crippen LogP contribution in [-0.4, -0.2) is 34.7 Å². The molecule has 2 aromatic rings. The lowest BCUT2D eigenvalue weighted by Gasteiger charge is -2.09. The highest BCUT2D eigenvalue weighted by Crippen LogP contribution is 2.19. The number of aromatic nitrogens is 2. The van der Waals surface area contributed by atoms with E-state index in [1.54, 1.807) is 14.1 Å². The van der Waals surface area contributed by atoms with Crippen molar-refractivity contribution in [1.29, 1.82) is 5.26 Å². The van der Waals surface area contributed by atoms with Gasteiger partial charge in [0.15, 0.2) is 5.69 Å². The number of carbonyl (C=O) groups excluding carboxylic acids is 1. The van der Waals surface area contributed by atoms with E-state index in [0.29, 0.717) is 5.56 Å². The highest BCUT2D eigenvalue weighted by atomic mass is 79.9. The first-order valence-corrected chi connectivity index (χ1v) is 6.29. The number of rotatable bonds is 2. The Morgan fingerprint density at radius 2 is 2.21 bits per heavy atom. The average Bonchev–Trinajstić information content (AvgIpc) is 2.81. The monoisotopic (exact) mass is 318 g/mol. The first-order chi connectivity index (χ1) is 9.04. The zero-order valence-corrected chi connectivity index (χ0v) is 12.0. The number of carbonyl (C=O) groups is 1. The molecule has 0 atom stereocenters. The van der Waals surface area contributed by atoms with Crippen LogP contribution in [0, 0.1) is 11.3 Å². The first-order valence-electron chi connectivity index (χ1n) is 5.50. The van der Waals surface area contributed by atoms with Crippen LogP contribution in [0.4, 0.5) is 0 Å². The molecule has 1 heterocycles. The second-order valence-electron chi connectivity index (χ2n) is 4.11. The van der Waals surface area contributed by atoms with Crippen molar-refractivity contribution < 1.29 is 4.79 Å². The summed E-state index contributed by atoms with van der Waals surface area (Å²) in [5.74, 6) is -0.238. The van der Waals surface area contributed by atoms with E-state index in [2.05, 4.69) is 21.0 Å². The van der Waals surface area contributed by atoms with Gasteiger partial charge in [-0.3, -0.25) is 4.79 Å². The molecule has 0 aliphatic heterocycles. The number of amides is 1. The Morgan fingerprint density at radius 3 is 2.79 bits per heavy atom. The van der Waals surface area contributed by atoms with E-state index in [9.17, 15) is 10.1 Å². The van der Waals surface area contributed by atoms with Gasteiger partial charge in [0, 0.05) is 18.6 Å². The molecule has 0 aliphatic carbocycles. The summed E-state index contributed by atoms with van der Waals surface area (Å²) in [6.07, 6.45) is 1.42. The van der Waals surface area contributed by atoms with Crippen molar-refractivity contribution in [2.75, 3.05) is 14.1 Å². The zero-order valence-electron chi connectivity index (χ0n) is 10.5. The molecule has 0 N–H and O–H groups in total. The Bertz CT molecular complexity index is 670. The third-order valence-electron chi connectivity index (χ3n) is 2.56. The van der Waals surface area contributed by atoms with Gasteiger partial charge >= 0.3 is 0 Å². The fourth-order valence-electron chi connectivity index (χ4n) is 1.66. The Labute approximate surface area is 119 Å². The van der Waals surface area contributed by atoms with Crippen molar-refractivity contribution in [3.05, 3.63) is 46.2 Å². The summed E-state index contributed by atoms with van der Waals surface area (Å²) in [7, 11) is 3.28. The van der Waals surface area contributed by atoms with Gasteiger partial charge < -0.3 is 4.90 Å². The molecule has 0 aliphatic rings. The molecule has 1 aromatic carbocycles. The van der Waals surface area contributed by atoms with Gasteiger partial charge in [-0.15, -0.1) is 0 Å². The van der Waals surface area contributed by atoms with E-state index < -0.39 is 0 Å². The number of hydrogen-bond donors (Lipinski definition) is 0. The van der Waals surface area contributed by atoms with E-state index in [-0.39, 0.29) is 11.6 Å². The summed E-state index contributed by atoms with van der Waals surface area (Å²) in [4.78, 5) is 13.4. The Kier molecular flexibility index (Phi) is 3.67. The molecule has 0 saturated carbocycles. The summed E-state index contributed by atoms with van der Waals surface area (Å²) < 4.78 is 2.34. The summed E-state index contributed by atoms with van der Waals surface area (Å²) >= 11 is 3.37. The van der Waals surface area contributed by atoms with Crippen molar-refractivity contribution in [3.63, 3.8) is 0 Å². The molecule has 0 spiro atoms. The standard InChI is InChI=1S/C13H11BrN4O/c1-17(2)13(19)11-8-16-18(12(11)7-15)10-5-3-4-9(14)6-10/h3-6,8H,1-2H3. The van der Waals surface area contributed by atoms with Gasteiger partial charge in [-0.2, -0.15) is 10.4 Å². The SMILES string of the molecule is CN(C)C(=O)c1cnn(-c2cccc(Br)c2)c1C#N. The van der Waals surface area contributed by atoms with Gasteiger partial charge in [0.05, 0.1) is 17.4 Å². The molecule has 0 radical (unpaired) electrons. The maximum atomic E-state index is 11.9. The minimum absolute atomic E-state index is 0.233. The molecular formula is C13H11BrN4O. The van der Waals surface area contributed by atoms with Crippen molar-refractivity contribution >= 4 is 21.8 Å². The average molecular weight is 319 g/mol. The molecular weight excluding hydrogens is 308 g/mol. The molecule has 0 unspecified atom stereocenters. The highest BCUT2D eigenvalue weighted by molar-refractivity contribution is 9.10. The van der Waals surface area contributed by atoms with Gasteiger partial charge in [0.1, 0.15) is 6.07 Å². The van der Waals surface area contributed by atoms with Gasteiger partial charge in [-0.1, -0.05) is 22.0 Å². The van der Waals surface area contributed by atoms with Crippen molar-refractivity contribution in [1.82, 2.24) is 14.7 Å². The third-order valence-corrected chi connectivity index (χ3v) is 3.06. The maximum Gasteiger partial charge on any atom is 0.257 e. The number of halogens is 1. The van der Waals surface area contributed by atoms with E-state index >= 15 is 0 Å². The highest BCUT2D eigenvalue weighted by Gasteiger charge is 2.19. The van der Waals surface area contributed by atoms with Crippen LogP contribution in [-0.2, 0) is 0 Å². The molecule has 0 fully saturated rings. The van der Waals surface area contributed by atoms with Crippen molar-refractivity contribution in [3.8, 4) is 11.8 Å². The third kappa shape index (κ3) is 2.51. The van der Waals surface area contributed by atoms with Crippen LogP contribution in [0.15, 0.2) is 34.9 Å². The molecule has 1 aromatic heterocycles. The molecule has 19 heavy (non-hydrogen) atoms. The second kappa shape index (κ2) is 5.24. The lowest BCUT2D eigenvalue weighted by atomic mass is 10.2. The molecule has 96 valence electrons. The Hall–Kier alpha value is -2.13. The number of nitrogens with zero attached hydrogens (tertiary/aromatic N) is 4. The second-order valence-corrected chi connectivity index (χ2v) is 5.03. The topological polar surface area (TPSA) is 61.9 Å². The Morgan fingerprint density at radius 1 is 1.47 bits per heavy atom. The van der Waals surface area contributed by atoms with Crippen LogP contribution in [0.3, 0.4) is 0 Å². The van der Waals surface area contributed by atoms with Gasteiger partial charge in [0.25, 0.3) is 5.91 Å². The van der Waals surface area contributed by atoms with Crippen molar-refractivity contribution in [2.24, 2.45) is 0 Å². The Balaban J connectivity index is 2.56. The number of benzene rings is 1. The van der Waals surface area contributed by atoms with Crippen LogP contribution < -0.4 is 0 Å². The summed E-state index contributed by atoms with van der Waals surface area (Å²) in [5.41, 5.74) is 1.26. The molecule has 1 amide bonds. The quantitative estimate of drug-likeness (QED) is 0.852. The normalized spacial score (nSPS) is 10.0. The smallest absolute Gasteiger partial charge is 0.257 e. The van der Waals surface area contributed by atoms with Crippen LogP contribution in [0.1, 0.15) is 16.1 Å². The van der Waals surface area contributed by atoms with Crippen molar-refractivity contribution in [2.45, 2.75) is 0 Å². The molecule has 0 saturated heterocycles. The molecule has 0 bridgehead atoms. The van der Waals surface area contributed by atoms with Gasteiger partial charge in [0.2, 0.25) is 0 Å². The zero-order chi connectivity index (χ0) is 14.0. The molecule has 5 nitrogen and oxygen atoms in total. The van der Waals surface area contributed by atoms with E-state index in [4.69, 9.17) is 0 Å². The van der Waals surface area contributed by atoms with E-state index in [0.717, 1.165) is 10.2 Å². The minimum atomic E-state index is -0.238. The largest absolute Gasteiger partial charge is 0.345 e. The fourth-order valence-corrected chi connectivity index (χ4v) is 2.04. The lowest BCUT2D eigenvalue weighted by molar-refractivity contribution is 0.0827. The minimum Gasteiger partial charge on any atom is -0.345 e. The summed E-state index contributed by atoms with van der Waals surface area (Å²) in [6, 6.07) is 9.41. The maximum absolute atomic E-state index is 11.9. The van der Waals surface area contributed by atoms with E-state index in [1.807, 2.05) is 30.3 Å². The first kappa shape index (κ1) is 13.3. The number of hydrogen-bond acceptors (Lipinski definition) is 3. The van der Waals surface area contributed by atoms with Crippen LogP contribution in [0.2, 0.25) is 0 Å². The van der Waals surface area contributed by atoms with Crippen LogP contribution in [0.5, 0.6) is 0 Å².